The number of phenolic OH excluding ortho intramolecular Hbond substituents is 3. The lowest BCUT2D eigenvalue weighted by molar-refractivity contribution is -0.130. The van der Waals surface area contributed by atoms with Crippen LogP contribution in [0.4, 0.5) is 0 Å². The summed E-state index contributed by atoms with van der Waals surface area (Å²) in [5, 5.41) is 47.2. The van der Waals surface area contributed by atoms with Gasteiger partial charge < -0.3 is 25.5 Å². The number of rotatable bonds is 4. The molecule has 0 atom stereocenters. The van der Waals surface area contributed by atoms with Crippen LogP contribution in [0.5, 0.6) is 17.2 Å². The number of aromatic carboxylic acids is 1. The van der Waals surface area contributed by atoms with Gasteiger partial charge in [-0.2, -0.15) is 0 Å². The summed E-state index contributed by atoms with van der Waals surface area (Å²) in [4.78, 5) is 22.8. The van der Waals surface area contributed by atoms with Gasteiger partial charge >= 0.3 is 11.9 Å². The van der Waals surface area contributed by atoms with Crippen molar-refractivity contribution in [1.29, 1.82) is 0 Å². The first-order valence-corrected chi connectivity index (χ1v) is 6.34. The van der Waals surface area contributed by atoms with Crippen molar-refractivity contribution in [3.8, 4) is 17.2 Å². The van der Waals surface area contributed by atoms with E-state index in [1.54, 1.807) is 12.1 Å². The van der Waals surface area contributed by atoms with E-state index >= 15 is 0 Å². The van der Waals surface area contributed by atoms with Crippen LogP contribution in [-0.2, 0) is 4.79 Å². The van der Waals surface area contributed by atoms with Gasteiger partial charge in [-0.25, -0.2) is 9.59 Å². The van der Waals surface area contributed by atoms with E-state index in [9.17, 15) is 35.1 Å². The summed E-state index contributed by atoms with van der Waals surface area (Å²) in [7, 11) is 0. The van der Waals surface area contributed by atoms with Crippen molar-refractivity contribution in [3.05, 3.63) is 53.1 Å². The first kappa shape index (κ1) is 15.9. The van der Waals surface area contributed by atoms with Gasteiger partial charge in [0.1, 0.15) is 5.75 Å². The highest BCUT2D eigenvalue weighted by atomic mass is 16.4. The number of carboxylic acids is 2. The Bertz CT molecular complexity index is 821. The molecule has 0 aliphatic carbocycles. The van der Waals surface area contributed by atoms with E-state index in [2.05, 4.69) is 0 Å². The maximum Gasteiger partial charge on any atom is 0.336 e. The number of carbonyl (C=O) groups is 2. The van der Waals surface area contributed by atoms with Gasteiger partial charge in [0.25, 0.3) is 0 Å². The van der Waals surface area contributed by atoms with Crippen LogP contribution in [0.2, 0.25) is 0 Å². The van der Waals surface area contributed by atoms with Crippen LogP contribution in [0.25, 0.3) is 11.6 Å². The molecule has 0 aliphatic heterocycles. The molecule has 2 aromatic rings. The van der Waals surface area contributed by atoms with Gasteiger partial charge in [0.15, 0.2) is 11.5 Å². The third-order valence-electron chi connectivity index (χ3n) is 3.10. The second-order valence-corrected chi connectivity index (χ2v) is 4.61. The molecule has 5 N–H and O–H groups in total. The normalized spacial score (nSPS) is 11.2. The molecule has 0 amide bonds. The summed E-state index contributed by atoms with van der Waals surface area (Å²) in [6, 6.07) is 7.50. The van der Waals surface area contributed by atoms with Crippen molar-refractivity contribution >= 4 is 23.6 Å². The van der Waals surface area contributed by atoms with Gasteiger partial charge in [-0.1, -0.05) is 18.2 Å². The molecule has 2 aromatic carbocycles. The molecule has 0 saturated heterocycles. The fourth-order valence-electron chi connectivity index (χ4n) is 2.00. The molecule has 0 aromatic heterocycles. The SMILES string of the molecule is O=C(O)/C(=C/c1ccccc1O)c1cc(O)c(O)cc1C(=O)O. The maximum absolute atomic E-state index is 11.5. The third kappa shape index (κ3) is 3.24. The first-order valence-electron chi connectivity index (χ1n) is 6.34. The third-order valence-corrected chi connectivity index (χ3v) is 3.10. The zero-order valence-corrected chi connectivity index (χ0v) is 11.6. The molecule has 0 saturated carbocycles. The summed E-state index contributed by atoms with van der Waals surface area (Å²) in [6.07, 6.45) is 1.08. The summed E-state index contributed by atoms with van der Waals surface area (Å²) in [5.41, 5.74) is -1.10. The molecule has 0 bridgehead atoms. The van der Waals surface area contributed by atoms with Crippen molar-refractivity contribution in [3.63, 3.8) is 0 Å². The summed E-state index contributed by atoms with van der Waals surface area (Å²) in [5.74, 6) is -4.46. The second-order valence-electron chi connectivity index (χ2n) is 4.61. The number of hydrogen-bond donors (Lipinski definition) is 5. The molecule has 0 spiro atoms. The van der Waals surface area contributed by atoms with E-state index in [1.165, 1.54) is 12.1 Å². The van der Waals surface area contributed by atoms with Crippen molar-refractivity contribution in [2.24, 2.45) is 0 Å². The largest absolute Gasteiger partial charge is 0.507 e. The number of para-hydroxylation sites is 1. The molecule has 0 heterocycles. The van der Waals surface area contributed by atoms with E-state index in [-0.39, 0.29) is 16.9 Å². The van der Waals surface area contributed by atoms with Crippen molar-refractivity contribution < 1.29 is 35.1 Å². The van der Waals surface area contributed by atoms with Crippen LogP contribution in [0.15, 0.2) is 36.4 Å². The van der Waals surface area contributed by atoms with Crippen LogP contribution in [0, 0.1) is 0 Å². The fraction of sp³-hybridized carbons (Fsp3) is 0. The number of benzene rings is 2. The lowest BCUT2D eigenvalue weighted by Crippen LogP contribution is -2.07. The molecular weight excluding hydrogens is 304 g/mol. The number of carboxylic acid groups (broad SMARTS) is 2. The highest BCUT2D eigenvalue weighted by molar-refractivity contribution is 6.23. The Morgan fingerprint density at radius 1 is 0.826 bits per heavy atom. The molecular formula is C16H12O7. The van der Waals surface area contributed by atoms with Crippen molar-refractivity contribution in [2.75, 3.05) is 0 Å². The smallest absolute Gasteiger partial charge is 0.336 e. The minimum absolute atomic E-state index is 0.161. The summed E-state index contributed by atoms with van der Waals surface area (Å²) < 4.78 is 0. The topological polar surface area (TPSA) is 135 Å². The van der Waals surface area contributed by atoms with Crippen LogP contribution < -0.4 is 0 Å². The van der Waals surface area contributed by atoms with Gasteiger partial charge in [-0.05, 0) is 24.3 Å². The minimum Gasteiger partial charge on any atom is -0.507 e. The zero-order valence-electron chi connectivity index (χ0n) is 11.6. The highest BCUT2D eigenvalue weighted by Crippen LogP contribution is 2.33. The average molecular weight is 316 g/mol. The Balaban J connectivity index is 2.73. The van der Waals surface area contributed by atoms with Gasteiger partial charge in [0.2, 0.25) is 0 Å². The number of aliphatic carboxylic acids is 1. The molecule has 7 nitrogen and oxygen atoms in total. The molecule has 0 aliphatic rings. The standard InChI is InChI=1S/C16H12O7/c17-12-4-2-1-3-8(12)5-10(15(20)21)9-6-13(18)14(19)7-11(9)16(22)23/h1-7,17-19H,(H,20,21)(H,22,23)/b10-5+. The number of aromatic hydroxyl groups is 3. The quantitative estimate of drug-likeness (QED) is 0.331. The van der Waals surface area contributed by atoms with Crippen LogP contribution in [0.1, 0.15) is 21.5 Å². The molecule has 2 rings (SSSR count). The fourth-order valence-corrected chi connectivity index (χ4v) is 2.00. The number of hydrogen-bond acceptors (Lipinski definition) is 5. The summed E-state index contributed by atoms with van der Waals surface area (Å²) >= 11 is 0. The molecule has 7 heteroatoms. The van der Waals surface area contributed by atoms with E-state index in [0.717, 1.165) is 18.2 Å². The van der Waals surface area contributed by atoms with Crippen LogP contribution >= 0.6 is 0 Å². The van der Waals surface area contributed by atoms with Crippen molar-refractivity contribution in [1.82, 2.24) is 0 Å². The van der Waals surface area contributed by atoms with E-state index in [0.29, 0.717) is 0 Å². The molecule has 0 unspecified atom stereocenters. The Hall–Kier alpha value is -3.48. The van der Waals surface area contributed by atoms with E-state index in [1.807, 2.05) is 0 Å². The molecule has 0 fully saturated rings. The lowest BCUT2D eigenvalue weighted by atomic mass is 9.96. The average Bonchev–Trinajstić information content (AvgIpc) is 2.48. The van der Waals surface area contributed by atoms with Gasteiger partial charge in [0.05, 0.1) is 11.1 Å². The lowest BCUT2D eigenvalue weighted by Gasteiger charge is -2.10. The van der Waals surface area contributed by atoms with E-state index < -0.39 is 34.6 Å². The van der Waals surface area contributed by atoms with Gasteiger partial charge in [-0.3, -0.25) is 0 Å². The molecule has 0 radical (unpaired) electrons. The van der Waals surface area contributed by atoms with Gasteiger partial charge in [-0.15, -0.1) is 0 Å². The van der Waals surface area contributed by atoms with Crippen molar-refractivity contribution in [2.45, 2.75) is 0 Å². The summed E-state index contributed by atoms with van der Waals surface area (Å²) in [6.45, 7) is 0. The highest BCUT2D eigenvalue weighted by Gasteiger charge is 2.21. The minimum atomic E-state index is -1.47. The molecule has 23 heavy (non-hydrogen) atoms. The van der Waals surface area contributed by atoms with Crippen LogP contribution in [0.3, 0.4) is 0 Å². The van der Waals surface area contributed by atoms with E-state index in [4.69, 9.17) is 0 Å². The second kappa shape index (κ2) is 6.10. The Morgan fingerprint density at radius 3 is 1.91 bits per heavy atom. The predicted octanol–water partition coefficient (Wildman–Crippen LogP) is 2.13. The number of phenols is 3. The monoisotopic (exact) mass is 316 g/mol. The first-order chi connectivity index (χ1) is 10.8. The maximum atomic E-state index is 11.5. The van der Waals surface area contributed by atoms with Gasteiger partial charge in [0, 0.05) is 11.1 Å². The predicted molar refractivity (Wildman–Crippen MR) is 80.3 cm³/mol. The molecule has 118 valence electrons. The zero-order chi connectivity index (χ0) is 17.1. The van der Waals surface area contributed by atoms with Crippen LogP contribution in [-0.4, -0.2) is 37.5 Å². The Kier molecular flexibility index (Phi) is 4.22. The Morgan fingerprint density at radius 2 is 1.39 bits per heavy atom. The Labute approximate surface area is 130 Å².